The van der Waals surface area contributed by atoms with Crippen molar-refractivity contribution in [2.75, 3.05) is 5.75 Å². The van der Waals surface area contributed by atoms with Gasteiger partial charge in [0.1, 0.15) is 0 Å². The fourth-order valence-electron chi connectivity index (χ4n) is 1.75. The zero-order valence-electron chi connectivity index (χ0n) is 8.36. The summed E-state index contributed by atoms with van der Waals surface area (Å²) in [6.45, 7) is 0. The zero-order valence-corrected chi connectivity index (χ0v) is 9.17. The summed E-state index contributed by atoms with van der Waals surface area (Å²) in [6.07, 6.45) is 8.61. The minimum absolute atomic E-state index is 0.884. The zero-order chi connectivity index (χ0) is 9.64. The van der Waals surface area contributed by atoms with Gasteiger partial charge in [0.25, 0.3) is 0 Å². The maximum Gasteiger partial charge on any atom is 0.00819 e. The number of hydrogen-bond donors (Lipinski definition) is 0. The van der Waals surface area contributed by atoms with E-state index in [-0.39, 0.29) is 0 Å². The molecular weight excluding hydrogens is 188 g/mol. The lowest BCUT2D eigenvalue weighted by Gasteiger charge is -2.02. The largest absolute Gasteiger partial charge is 0.158 e. The molecule has 1 fully saturated rings. The summed E-state index contributed by atoms with van der Waals surface area (Å²) in [7, 11) is 0. The van der Waals surface area contributed by atoms with Crippen LogP contribution in [-0.4, -0.2) is 11.0 Å². The molecule has 74 valence electrons. The number of thioether (sulfide) groups is 1. The summed E-state index contributed by atoms with van der Waals surface area (Å²) in [5.74, 6) is 1.36. The molecule has 1 atom stereocenters. The van der Waals surface area contributed by atoms with Crippen molar-refractivity contribution in [3.8, 4) is 0 Å². The number of allylic oxidation sites excluding steroid dienone is 1. The van der Waals surface area contributed by atoms with E-state index < -0.39 is 0 Å². The van der Waals surface area contributed by atoms with Crippen LogP contribution < -0.4 is 0 Å². The molecule has 1 unspecified atom stereocenters. The van der Waals surface area contributed by atoms with E-state index in [2.05, 4.69) is 54.2 Å². The second kappa shape index (κ2) is 5.26. The second-order valence-electron chi connectivity index (χ2n) is 3.68. The molecule has 14 heavy (non-hydrogen) atoms. The molecule has 1 aliphatic rings. The highest BCUT2D eigenvalue weighted by Crippen LogP contribution is 2.28. The van der Waals surface area contributed by atoms with Gasteiger partial charge in [-0.15, -0.1) is 0 Å². The molecule has 0 N–H and O–H groups in total. The molecule has 0 aromatic heterocycles. The van der Waals surface area contributed by atoms with Crippen molar-refractivity contribution in [2.24, 2.45) is 0 Å². The molecule has 1 aliphatic heterocycles. The molecule has 1 heterocycles. The van der Waals surface area contributed by atoms with E-state index in [0.29, 0.717) is 0 Å². The van der Waals surface area contributed by atoms with E-state index in [0.717, 1.165) is 5.25 Å². The predicted molar refractivity (Wildman–Crippen MR) is 65.6 cm³/mol. The minimum atomic E-state index is 0.884. The first-order valence-electron chi connectivity index (χ1n) is 5.28. The number of benzene rings is 1. The summed E-state index contributed by atoms with van der Waals surface area (Å²) in [5.41, 5.74) is 1.32. The van der Waals surface area contributed by atoms with E-state index in [4.69, 9.17) is 0 Å². The predicted octanol–water partition coefficient (Wildman–Crippen LogP) is 3.99. The highest BCUT2D eigenvalue weighted by Gasteiger charge is 2.12. The summed E-state index contributed by atoms with van der Waals surface area (Å²) >= 11 is 2.13. The lowest BCUT2D eigenvalue weighted by Crippen LogP contribution is -1.92. The first-order chi connectivity index (χ1) is 6.95. The van der Waals surface area contributed by atoms with Gasteiger partial charge in [0.05, 0.1) is 0 Å². The van der Waals surface area contributed by atoms with Crippen LogP contribution >= 0.6 is 11.8 Å². The third kappa shape index (κ3) is 2.91. The van der Waals surface area contributed by atoms with E-state index >= 15 is 0 Å². The Bertz CT molecular complexity index is 283. The lowest BCUT2D eigenvalue weighted by molar-refractivity contribution is 0.792. The van der Waals surface area contributed by atoms with Gasteiger partial charge >= 0.3 is 0 Å². The lowest BCUT2D eigenvalue weighted by atomic mass is 10.1. The van der Waals surface area contributed by atoms with Crippen LogP contribution in [0.25, 0.3) is 6.08 Å². The molecule has 0 amide bonds. The fraction of sp³-hybridized carbons (Fsp3) is 0.385. The van der Waals surface area contributed by atoms with Crippen molar-refractivity contribution in [1.29, 1.82) is 0 Å². The summed E-state index contributed by atoms with van der Waals surface area (Å²) in [6, 6.07) is 10.5. The quantitative estimate of drug-likeness (QED) is 0.717. The van der Waals surface area contributed by atoms with E-state index in [1.54, 1.807) is 0 Å². The van der Waals surface area contributed by atoms with Crippen LogP contribution in [-0.2, 0) is 0 Å². The molecule has 0 nitrogen and oxygen atoms in total. The Morgan fingerprint density at radius 1 is 1.29 bits per heavy atom. The topological polar surface area (TPSA) is 0 Å². The minimum Gasteiger partial charge on any atom is -0.158 e. The van der Waals surface area contributed by atoms with Gasteiger partial charge in [0, 0.05) is 5.25 Å². The summed E-state index contributed by atoms with van der Waals surface area (Å²) in [5, 5.41) is 0.884. The van der Waals surface area contributed by atoms with Crippen molar-refractivity contribution in [2.45, 2.75) is 24.5 Å². The highest BCUT2D eigenvalue weighted by molar-refractivity contribution is 8.00. The maximum absolute atomic E-state index is 2.32. The fourth-order valence-corrected chi connectivity index (χ4v) is 3.00. The normalized spacial score (nSPS) is 21.9. The van der Waals surface area contributed by atoms with Gasteiger partial charge in [0.15, 0.2) is 0 Å². The van der Waals surface area contributed by atoms with Crippen molar-refractivity contribution < 1.29 is 0 Å². The Morgan fingerprint density at radius 2 is 2.14 bits per heavy atom. The average molecular weight is 204 g/mol. The average Bonchev–Trinajstić information content (AvgIpc) is 2.72. The molecule has 0 radical (unpaired) electrons. The molecule has 1 aromatic rings. The first-order valence-corrected chi connectivity index (χ1v) is 6.33. The van der Waals surface area contributed by atoms with Crippen LogP contribution in [0, 0.1) is 0 Å². The molecule has 1 heteroatoms. The molecule has 0 saturated carbocycles. The maximum atomic E-state index is 2.32. The van der Waals surface area contributed by atoms with Gasteiger partial charge in [-0.2, -0.15) is 11.8 Å². The third-order valence-corrected chi connectivity index (χ3v) is 3.96. The van der Waals surface area contributed by atoms with E-state index in [9.17, 15) is 0 Å². The van der Waals surface area contributed by atoms with Gasteiger partial charge < -0.3 is 0 Å². The van der Waals surface area contributed by atoms with Gasteiger partial charge in [-0.3, -0.25) is 0 Å². The third-order valence-electron chi connectivity index (χ3n) is 2.53. The van der Waals surface area contributed by atoms with Crippen molar-refractivity contribution >= 4 is 17.8 Å². The first kappa shape index (κ1) is 9.85. The number of hydrogen-bond acceptors (Lipinski definition) is 1. The molecule has 0 aliphatic carbocycles. The second-order valence-corrected chi connectivity index (χ2v) is 5.09. The molecule has 2 rings (SSSR count). The molecule has 0 spiro atoms. The summed E-state index contributed by atoms with van der Waals surface area (Å²) < 4.78 is 0. The van der Waals surface area contributed by atoms with Crippen LogP contribution in [0.4, 0.5) is 0 Å². The van der Waals surface area contributed by atoms with Crippen molar-refractivity contribution in [3.05, 3.63) is 42.0 Å². The standard InChI is InChI=1S/C13H16S/c1-2-6-12(7-3-1)8-4-9-13-10-5-11-14-13/h1-4,6-8,13H,5,9-11H2. The van der Waals surface area contributed by atoms with Crippen LogP contribution in [0.15, 0.2) is 36.4 Å². The smallest absolute Gasteiger partial charge is 0.00819 e. The van der Waals surface area contributed by atoms with Crippen LogP contribution in [0.2, 0.25) is 0 Å². The van der Waals surface area contributed by atoms with Gasteiger partial charge in [-0.25, -0.2) is 0 Å². The Labute approximate surface area is 90.4 Å². The Morgan fingerprint density at radius 3 is 2.86 bits per heavy atom. The molecule has 1 aromatic carbocycles. The van der Waals surface area contributed by atoms with E-state index in [1.807, 2.05) is 0 Å². The van der Waals surface area contributed by atoms with Crippen LogP contribution in [0.5, 0.6) is 0 Å². The highest BCUT2D eigenvalue weighted by atomic mass is 32.2. The van der Waals surface area contributed by atoms with Crippen LogP contribution in [0.1, 0.15) is 24.8 Å². The molecular formula is C13H16S. The summed E-state index contributed by atoms with van der Waals surface area (Å²) in [4.78, 5) is 0. The Hall–Kier alpha value is -0.690. The Kier molecular flexibility index (Phi) is 3.70. The van der Waals surface area contributed by atoms with Crippen molar-refractivity contribution in [1.82, 2.24) is 0 Å². The molecule has 0 bridgehead atoms. The van der Waals surface area contributed by atoms with Gasteiger partial charge in [-0.05, 0) is 30.6 Å². The number of rotatable bonds is 3. The molecule has 1 saturated heterocycles. The Balaban J connectivity index is 1.82. The monoisotopic (exact) mass is 204 g/mol. The van der Waals surface area contributed by atoms with E-state index in [1.165, 1.54) is 30.6 Å². The van der Waals surface area contributed by atoms with Gasteiger partial charge in [0.2, 0.25) is 0 Å². The van der Waals surface area contributed by atoms with Crippen molar-refractivity contribution in [3.63, 3.8) is 0 Å². The SMILES string of the molecule is C(=Cc1ccccc1)CC1CCCS1. The van der Waals surface area contributed by atoms with Crippen LogP contribution in [0.3, 0.4) is 0 Å². The van der Waals surface area contributed by atoms with Gasteiger partial charge in [-0.1, -0.05) is 42.5 Å².